The molecular formula is C6H5Cl2Zn. The molecule has 0 aliphatic carbocycles. The van der Waals surface area contributed by atoms with E-state index < -0.39 is 0 Å². The summed E-state index contributed by atoms with van der Waals surface area (Å²) in [7, 11) is 0. The van der Waals surface area contributed by atoms with E-state index in [9.17, 15) is 0 Å². The number of halogens is 2. The fourth-order valence-electron chi connectivity index (χ4n) is 0.498. The van der Waals surface area contributed by atoms with Crippen LogP contribution in [0.15, 0.2) is 24.3 Å². The van der Waals surface area contributed by atoms with E-state index in [1.807, 2.05) is 24.3 Å². The van der Waals surface area contributed by atoms with E-state index in [1.54, 1.807) is 0 Å². The van der Waals surface area contributed by atoms with E-state index in [0.29, 0.717) is 0 Å². The predicted octanol–water partition coefficient (Wildman–Crippen LogP) is 1.93. The van der Waals surface area contributed by atoms with Crippen LogP contribution in [0.4, 0.5) is 0 Å². The molecule has 0 N–H and O–H groups in total. The van der Waals surface area contributed by atoms with Gasteiger partial charge in [0, 0.05) is 0 Å². The van der Waals surface area contributed by atoms with Crippen LogP contribution in [-0.4, -0.2) is 0 Å². The van der Waals surface area contributed by atoms with Crippen molar-refractivity contribution in [3.8, 4) is 0 Å². The van der Waals surface area contributed by atoms with Crippen LogP contribution in [0.1, 0.15) is 0 Å². The van der Waals surface area contributed by atoms with Gasteiger partial charge < -0.3 is 0 Å². The Balaban J connectivity index is 0.000000640. The molecule has 0 atom stereocenters. The van der Waals surface area contributed by atoms with Gasteiger partial charge in [0.25, 0.3) is 0 Å². The molecule has 0 bridgehead atoms. The van der Waals surface area contributed by atoms with Gasteiger partial charge in [-0.3, -0.25) is 0 Å². The zero-order valence-electron chi connectivity index (χ0n) is 4.80. The number of rotatable bonds is 0. The first-order chi connectivity index (χ1) is 3.80. The van der Waals surface area contributed by atoms with Crippen molar-refractivity contribution in [1.29, 1.82) is 0 Å². The molecule has 3 heteroatoms. The van der Waals surface area contributed by atoms with Crippen molar-refractivity contribution >= 4 is 28.2 Å². The van der Waals surface area contributed by atoms with Crippen molar-refractivity contribution in [2.24, 2.45) is 0 Å². The molecule has 0 fully saturated rings. The van der Waals surface area contributed by atoms with E-state index in [1.165, 1.54) is 4.16 Å². The zero-order chi connectivity index (χ0) is 5.98. The summed E-state index contributed by atoms with van der Waals surface area (Å²) in [5, 5.41) is 0.896. The zero-order valence-corrected chi connectivity index (χ0v) is 9.34. The van der Waals surface area contributed by atoms with Gasteiger partial charge in [0.1, 0.15) is 0 Å². The van der Waals surface area contributed by atoms with Crippen molar-refractivity contribution in [2.75, 3.05) is 0 Å². The van der Waals surface area contributed by atoms with Gasteiger partial charge in [-0.15, -0.1) is 12.4 Å². The van der Waals surface area contributed by atoms with Gasteiger partial charge in [0.2, 0.25) is 0 Å². The summed E-state index contributed by atoms with van der Waals surface area (Å²) >= 11 is 6.88. The van der Waals surface area contributed by atoms with E-state index in [4.69, 9.17) is 11.6 Å². The first-order valence-corrected chi connectivity index (χ1v) is 4.23. The molecule has 0 saturated heterocycles. The van der Waals surface area contributed by atoms with E-state index in [-0.39, 0.29) is 12.4 Å². The summed E-state index contributed by atoms with van der Waals surface area (Å²) in [6, 6.07) is 7.91. The van der Waals surface area contributed by atoms with Crippen molar-refractivity contribution in [2.45, 2.75) is 0 Å². The average Bonchev–Trinajstić information content (AvgIpc) is 1.77. The first kappa shape index (κ1) is 9.42. The fourth-order valence-corrected chi connectivity index (χ4v) is 1.17. The van der Waals surface area contributed by atoms with Crippen LogP contribution in [0.25, 0.3) is 0 Å². The second-order valence-corrected chi connectivity index (χ2v) is 3.60. The summed E-state index contributed by atoms with van der Waals surface area (Å²) < 4.78 is 1.26. The molecule has 1 aromatic carbocycles. The molecule has 0 aromatic heterocycles. The molecule has 0 radical (unpaired) electrons. The molecule has 1 rings (SSSR count). The molecule has 0 nitrogen and oxygen atoms in total. The summed E-state index contributed by atoms with van der Waals surface area (Å²) in [6.07, 6.45) is 0. The standard InChI is InChI=1S/C6H4Cl.ClH.Zn/c7-6-4-2-1-3-5-6;;/h1-4H;1H;. The first-order valence-electron chi connectivity index (χ1n) is 2.37. The van der Waals surface area contributed by atoms with Crippen molar-refractivity contribution in [3.05, 3.63) is 29.3 Å². The van der Waals surface area contributed by atoms with E-state index in [2.05, 4.69) is 0 Å². The van der Waals surface area contributed by atoms with Crippen LogP contribution in [0.5, 0.6) is 0 Å². The molecule has 0 spiro atoms. The fraction of sp³-hybridized carbons (Fsp3) is 0. The third-order valence-electron chi connectivity index (χ3n) is 0.958. The summed E-state index contributed by atoms with van der Waals surface area (Å²) in [5.41, 5.74) is 0. The number of hydrogen-bond donors (Lipinski definition) is 0. The van der Waals surface area contributed by atoms with Crippen LogP contribution in [-0.2, 0) is 18.3 Å². The van der Waals surface area contributed by atoms with Crippen LogP contribution in [0.2, 0.25) is 5.02 Å². The molecule has 45 valence electrons. The molecule has 0 heterocycles. The summed E-state index contributed by atoms with van der Waals surface area (Å²) in [6.45, 7) is 0. The topological polar surface area (TPSA) is 0 Å². The molecule has 0 amide bonds. The van der Waals surface area contributed by atoms with Gasteiger partial charge in [0.05, 0.1) is 0 Å². The maximum absolute atomic E-state index is 5.74. The van der Waals surface area contributed by atoms with Gasteiger partial charge in [-0.05, 0) is 0 Å². The Bertz CT molecular complexity index is 167. The third-order valence-corrected chi connectivity index (χ3v) is 3.09. The predicted molar refractivity (Wildman–Crippen MR) is 38.3 cm³/mol. The Kier molecular flexibility index (Phi) is 4.47. The molecule has 1 aromatic rings. The van der Waals surface area contributed by atoms with Gasteiger partial charge >= 0.3 is 63.3 Å². The van der Waals surface area contributed by atoms with Gasteiger partial charge in [-0.2, -0.15) is 0 Å². The second-order valence-electron chi connectivity index (χ2n) is 1.59. The molecular weight excluding hydrogens is 208 g/mol. The molecule has 0 aliphatic heterocycles. The monoisotopic (exact) mass is 211 g/mol. The van der Waals surface area contributed by atoms with Gasteiger partial charge in [-0.1, -0.05) is 0 Å². The normalized spacial score (nSPS) is 8.33. The molecule has 0 unspecified atom stereocenters. The van der Waals surface area contributed by atoms with Crippen LogP contribution in [0.3, 0.4) is 0 Å². The Morgan fingerprint density at radius 2 is 1.78 bits per heavy atom. The van der Waals surface area contributed by atoms with Crippen LogP contribution < -0.4 is 4.16 Å². The Morgan fingerprint density at radius 3 is 2.11 bits per heavy atom. The van der Waals surface area contributed by atoms with Gasteiger partial charge in [0.15, 0.2) is 0 Å². The minimum atomic E-state index is 0. The van der Waals surface area contributed by atoms with Crippen molar-refractivity contribution < 1.29 is 18.3 Å². The number of hydrogen-bond acceptors (Lipinski definition) is 0. The van der Waals surface area contributed by atoms with Crippen molar-refractivity contribution in [3.63, 3.8) is 0 Å². The van der Waals surface area contributed by atoms with Gasteiger partial charge in [-0.25, -0.2) is 0 Å². The Labute approximate surface area is 75.7 Å². The SMILES string of the molecule is Cl.Clc1cccc[c]1[Zn]. The van der Waals surface area contributed by atoms with E-state index >= 15 is 0 Å². The van der Waals surface area contributed by atoms with Crippen molar-refractivity contribution in [1.82, 2.24) is 0 Å². The average molecular weight is 213 g/mol. The quantitative estimate of drug-likeness (QED) is 0.578. The second kappa shape index (κ2) is 4.27. The Hall–Kier alpha value is 0.423. The van der Waals surface area contributed by atoms with E-state index in [0.717, 1.165) is 23.3 Å². The van der Waals surface area contributed by atoms with Crippen LogP contribution in [0, 0.1) is 0 Å². The Morgan fingerprint density at radius 1 is 1.22 bits per heavy atom. The summed E-state index contributed by atoms with van der Waals surface area (Å²) in [4.78, 5) is 0. The molecule has 9 heavy (non-hydrogen) atoms. The summed E-state index contributed by atoms with van der Waals surface area (Å²) in [5.74, 6) is 0. The molecule has 0 aliphatic rings. The van der Waals surface area contributed by atoms with Crippen LogP contribution >= 0.6 is 24.0 Å². The minimum absolute atomic E-state index is 0. The molecule has 0 saturated carbocycles. The third kappa shape index (κ3) is 2.66. The number of benzene rings is 1. The maximum atomic E-state index is 5.74.